The number of carbonyl (C=O) groups excluding carboxylic acids is 2. The minimum Gasteiger partial charge on any atom is -0.388 e. The maximum atomic E-state index is 15.0. The van der Waals surface area contributed by atoms with E-state index in [1.54, 1.807) is 6.08 Å². The van der Waals surface area contributed by atoms with Crippen LogP contribution < -0.4 is 0 Å². The average molecular weight is 342 g/mol. The third kappa shape index (κ3) is 2.13. The van der Waals surface area contributed by atoms with Crippen molar-refractivity contribution in [3.63, 3.8) is 0 Å². The summed E-state index contributed by atoms with van der Waals surface area (Å²) in [6.07, 6.45) is 9.63. The zero-order valence-corrected chi connectivity index (χ0v) is 14.6. The van der Waals surface area contributed by atoms with Gasteiger partial charge in [0.05, 0.1) is 0 Å². The molecule has 4 aliphatic carbocycles. The minimum atomic E-state index is -1.14. The molecule has 4 heteroatoms. The first-order valence-corrected chi connectivity index (χ1v) is 8.96. The lowest BCUT2D eigenvalue weighted by Gasteiger charge is -2.52. The number of allylic oxidation sites excluding steroid dienone is 7. The van der Waals surface area contributed by atoms with Gasteiger partial charge in [-0.25, -0.2) is 4.39 Å². The molecule has 25 heavy (non-hydrogen) atoms. The van der Waals surface area contributed by atoms with Crippen LogP contribution in [0.3, 0.4) is 0 Å². The Hall–Kier alpha value is -1.81. The smallest absolute Gasteiger partial charge is 0.184 e. The van der Waals surface area contributed by atoms with E-state index >= 15 is 4.39 Å². The Balaban J connectivity index is 1.77. The SMILES string of the molecule is C[C@]12C=CC(=O)C=C1C(F)C[C@@H]1C2=CC[C@]2(C)C(C(=O)CO)=CC[C@@H]12. The number of Topliss-reactive ketones (excluding diaryl/α,β-unsaturated/α-hetero) is 1. The van der Waals surface area contributed by atoms with Crippen molar-refractivity contribution in [1.29, 1.82) is 0 Å². The maximum absolute atomic E-state index is 15.0. The van der Waals surface area contributed by atoms with Crippen LogP contribution in [-0.2, 0) is 9.59 Å². The molecule has 0 aromatic carbocycles. The van der Waals surface area contributed by atoms with Gasteiger partial charge in [0.2, 0.25) is 0 Å². The largest absolute Gasteiger partial charge is 0.388 e. The highest BCUT2D eigenvalue weighted by molar-refractivity contribution is 6.01. The Kier molecular flexibility index (Phi) is 3.56. The van der Waals surface area contributed by atoms with Crippen molar-refractivity contribution in [3.8, 4) is 0 Å². The van der Waals surface area contributed by atoms with Gasteiger partial charge >= 0.3 is 0 Å². The second-order valence-electron chi connectivity index (χ2n) is 8.17. The van der Waals surface area contributed by atoms with Gasteiger partial charge in [0.25, 0.3) is 0 Å². The minimum absolute atomic E-state index is 0.0500. The van der Waals surface area contributed by atoms with Crippen LogP contribution in [0.4, 0.5) is 4.39 Å². The van der Waals surface area contributed by atoms with Crippen LogP contribution in [0.25, 0.3) is 0 Å². The summed E-state index contributed by atoms with van der Waals surface area (Å²) in [5.74, 6) is -0.146. The van der Waals surface area contributed by atoms with E-state index in [0.29, 0.717) is 24.0 Å². The molecule has 0 radical (unpaired) electrons. The van der Waals surface area contributed by atoms with Crippen molar-refractivity contribution in [2.24, 2.45) is 22.7 Å². The van der Waals surface area contributed by atoms with Crippen LogP contribution in [0.2, 0.25) is 0 Å². The molecule has 1 N–H and O–H groups in total. The summed E-state index contributed by atoms with van der Waals surface area (Å²) in [6, 6.07) is 0. The number of alkyl halides is 1. The van der Waals surface area contributed by atoms with Crippen LogP contribution in [0.1, 0.15) is 33.1 Å². The summed E-state index contributed by atoms with van der Waals surface area (Å²) >= 11 is 0. The summed E-state index contributed by atoms with van der Waals surface area (Å²) in [7, 11) is 0. The summed E-state index contributed by atoms with van der Waals surface area (Å²) in [6.45, 7) is 3.59. The van der Waals surface area contributed by atoms with Crippen LogP contribution in [0.5, 0.6) is 0 Å². The number of ketones is 2. The Morgan fingerprint density at radius 1 is 1.32 bits per heavy atom. The Morgan fingerprint density at radius 3 is 2.80 bits per heavy atom. The van der Waals surface area contributed by atoms with Gasteiger partial charge < -0.3 is 5.11 Å². The molecule has 132 valence electrons. The number of rotatable bonds is 2. The van der Waals surface area contributed by atoms with E-state index in [-0.39, 0.29) is 28.8 Å². The van der Waals surface area contributed by atoms with Gasteiger partial charge in [-0.2, -0.15) is 0 Å². The van der Waals surface area contributed by atoms with Crippen molar-refractivity contribution in [2.75, 3.05) is 6.61 Å². The van der Waals surface area contributed by atoms with Crippen molar-refractivity contribution >= 4 is 11.6 Å². The molecule has 1 fully saturated rings. The predicted molar refractivity (Wildman–Crippen MR) is 92.4 cm³/mol. The van der Waals surface area contributed by atoms with Gasteiger partial charge in [-0.05, 0) is 55.7 Å². The normalized spacial score (nSPS) is 42.0. The number of hydrogen-bond donors (Lipinski definition) is 1. The lowest BCUT2D eigenvalue weighted by molar-refractivity contribution is -0.119. The van der Waals surface area contributed by atoms with E-state index in [0.717, 1.165) is 6.42 Å². The standard InChI is InChI=1S/C21H23FO3/c1-20-8-6-15-13(14(20)3-4-16(20)19(25)11-23)10-18(22)17-9-12(24)5-7-21(15,17)2/h4-7,9,13-14,18,23H,3,8,10-11H2,1-2H3/t13-,14-,18?,20-,21+/m0/s1. The highest BCUT2D eigenvalue weighted by Gasteiger charge is 2.56. The van der Waals surface area contributed by atoms with Gasteiger partial charge in [-0.3, -0.25) is 9.59 Å². The molecule has 0 heterocycles. The molecule has 3 nitrogen and oxygen atoms in total. The summed E-state index contributed by atoms with van der Waals surface area (Å²) in [5, 5.41) is 9.28. The van der Waals surface area contributed by atoms with E-state index in [2.05, 4.69) is 13.0 Å². The quantitative estimate of drug-likeness (QED) is 0.784. The zero-order valence-electron chi connectivity index (χ0n) is 14.6. The second kappa shape index (κ2) is 5.34. The molecule has 5 atom stereocenters. The first-order chi connectivity index (χ1) is 11.8. The van der Waals surface area contributed by atoms with Crippen molar-refractivity contribution in [2.45, 2.75) is 39.3 Å². The molecule has 0 aromatic rings. The average Bonchev–Trinajstić information content (AvgIpc) is 2.93. The van der Waals surface area contributed by atoms with Gasteiger partial charge in [-0.15, -0.1) is 0 Å². The Labute approximate surface area is 147 Å². The van der Waals surface area contributed by atoms with Crippen LogP contribution in [0.15, 0.2) is 47.1 Å². The van der Waals surface area contributed by atoms with Crippen LogP contribution in [0, 0.1) is 22.7 Å². The molecule has 0 bridgehead atoms. The number of hydrogen-bond acceptors (Lipinski definition) is 3. The van der Waals surface area contributed by atoms with E-state index < -0.39 is 18.2 Å². The molecule has 4 rings (SSSR count). The summed E-state index contributed by atoms with van der Waals surface area (Å²) in [4.78, 5) is 23.9. The highest BCUT2D eigenvalue weighted by Crippen LogP contribution is 2.62. The Bertz CT molecular complexity index is 787. The van der Waals surface area contributed by atoms with Gasteiger partial charge in [-0.1, -0.05) is 30.7 Å². The van der Waals surface area contributed by atoms with E-state index in [4.69, 9.17) is 0 Å². The highest BCUT2D eigenvalue weighted by atomic mass is 19.1. The zero-order chi connectivity index (χ0) is 18.0. The van der Waals surface area contributed by atoms with Crippen molar-refractivity contribution in [1.82, 2.24) is 0 Å². The maximum Gasteiger partial charge on any atom is 0.184 e. The second-order valence-corrected chi connectivity index (χ2v) is 8.17. The van der Waals surface area contributed by atoms with Crippen LogP contribution in [-0.4, -0.2) is 29.5 Å². The molecule has 4 aliphatic rings. The third-order valence-corrected chi connectivity index (χ3v) is 6.96. The molecule has 1 unspecified atom stereocenters. The van der Waals surface area contributed by atoms with Gasteiger partial charge in [0.15, 0.2) is 11.6 Å². The van der Waals surface area contributed by atoms with Crippen molar-refractivity contribution < 1.29 is 19.1 Å². The number of fused-ring (bicyclic) bond motifs is 5. The van der Waals surface area contributed by atoms with E-state index in [1.165, 1.54) is 11.6 Å². The summed E-state index contributed by atoms with van der Waals surface area (Å²) < 4.78 is 15.0. The predicted octanol–water partition coefficient (Wildman–Crippen LogP) is 3.26. The fourth-order valence-electron chi connectivity index (χ4n) is 5.63. The third-order valence-electron chi connectivity index (χ3n) is 6.96. The van der Waals surface area contributed by atoms with Gasteiger partial charge in [0, 0.05) is 16.4 Å². The molecule has 0 aromatic heterocycles. The van der Waals surface area contributed by atoms with Gasteiger partial charge in [0.1, 0.15) is 12.8 Å². The number of aliphatic hydroxyl groups excluding tert-OH is 1. The summed E-state index contributed by atoms with van der Waals surface area (Å²) in [5.41, 5.74) is 1.58. The Morgan fingerprint density at radius 2 is 2.08 bits per heavy atom. The number of halogens is 1. The lowest BCUT2D eigenvalue weighted by Crippen LogP contribution is -2.46. The molecule has 0 saturated heterocycles. The molecular formula is C21H23FO3. The van der Waals surface area contributed by atoms with E-state index in [1.807, 2.05) is 19.1 Å². The first-order valence-electron chi connectivity index (χ1n) is 8.96. The monoisotopic (exact) mass is 342 g/mol. The molecule has 0 aliphatic heterocycles. The topological polar surface area (TPSA) is 54.4 Å². The molecule has 1 saturated carbocycles. The van der Waals surface area contributed by atoms with Crippen LogP contribution >= 0.6 is 0 Å². The molecular weight excluding hydrogens is 319 g/mol. The number of aliphatic hydroxyl groups is 1. The fraction of sp³-hybridized carbons (Fsp3) is 0.524. The molecule has 0 amide bonds. The fourth-order valence-corrected chi connectivity index (χ4v) is 5.63. The number of carbonyl (C=O) groups is 2. The first kappa shape index (κ1) is 16.6. The lowest BCUT2D eigenvalue weighted by atomic mass is 9.52. The molecule has 0 spiro atoms. The van der Waals surface area contributed by atoms with E-state index in [9.17, 15) is 14.7 Å². The van der Waals surface area contributed by atoms with Crippen molar-refractivity contribution in [3.05, 3.63) is 47.1 Å².